The first-order valence-electron chi connectivity index (χ1n) is 9.91. The summed E-state index contributed by atoms with van der Waals surface area (Å²) in [6, 6.07) is 15.5. The van der Waals surface area contributed by atoms with Crippen LogP contribution in [-0.4, -0.2) is 46.6 Å². The molecule has 30 heavy (non-hydrogen) atoms. The van der Waals surface area contributed by atoms with E-state index in [2.05, 4.69) is 22.0 Å². The van der Waals surface area contributed by atoms with Gasteiger partial charge in [0.1, 0.15) is 11.4 Å². The summed E-state index contributed by atoms with van der Waals surface area (Å²) in [7, 11) is 3.42. The van der Waals surface area contributed by atoms with E-state index in [9.17, 15) is 4.79 Å². The average molecular weight is 404 g/mol. The number of aromatic nitrogens is 3. The van der Waals surface area contributed by atoms with Crippen molar-refractivity contribution in [3.63, 3.8) is 0 Å². The number of rotatable bonds is 7. The third kappa shape index (κ3) is 4.05. The molecule has 4 rings (SSSR count). The molecule has 2 aromatic carbocycles. The van der Waals surface area contributed by atoms with Gasteiger partial charge in [0.05, 0.1) is 7.11 Å². The number of ether oxygens (including phenoxy) is 1. The molecule has 0 aliphatic heterocycles. The molecule has 0 fully saturated rings. The summed E-state index contributed by atoms with van der Waals surface area (Å²) in [5, 5.41) is 5.06. The highest BCUT2D eigenvalue weighted by Gasteiger charge is 2.15. The standard InChI is InChI=1S/C23H24N4O3/c1-4-15-5-7-16(8-6-15)23(28)27(2)12-11-21-25-22(30-26-21)20-14-17-13-18(29-3)9-10-19(17)24-20/h5-10,13-14,24H,4,11-12H2,1-3H3. The Hall–Kier alpha value is -3.61. The van der Waals surface area contributed by atoms with Crippen LogP contribution in [0.1, 0.15) is 28.7 Å². The summed E-state index contributed by atoms with van der Waals surface area (Å²) >= 11 is 0. The molecule has 0 spiro atoms. The van der Waals surface area contributed by atoms with E-state index in [-0.39, 0.29) is 5.91 Å². The monoisotopic (exact) mass is 404 g/mol. The van der Waals surface area contributed by atoms with Gasteiger partial charge in [0, 0.05) is 36.5 Å². The SMILES string of the molecule is CCc1ccc(C(=O)N(C)CCc2noc(-c3cc4cc(OC)ccc4[nH]3)n2)cc1. The second kappa shape index (κ2) is 8.41. The van der Waals surface area contributed by atoms with E-state index in [1.54, 1.807) is 19.1 Å². The first-order valence-corrected chi connectivity index (χ1v) is 9.91. The number of methoxy groups -OCH3 is 1. The fourth-order valence-electron chi connectivity index (χ4n) is 3.29. The number of hydrogen-bond donors (Lipinski definition) is 1. The van der Waals surface area contributed by atoms with Crippen LogP contribution in [0.25, 0.3) is 22.5 Å². The molecule has 1 N–H and O–H groups in total. The molecule has 0 saturated heterocycles. The van der Waals surface area contributed by atoms with Crippen molar-refractivity contribution in [2.75, 3.05) is 20.7 Å². The molecule has 7 nitrogen and oxygen atoms in total. The highest BCUT2D eigenvalue weighted by atomic mass is 16.5. The molecule has 0 aliphatic carbocycles. The van der Waals surface area contributed by atoms with Gasteiger partial charge >= 0.3 is 0 Å². The summed E-state index contributed by atoms with van der Waals surface area (Å²) < 4.78 is 10.7. The predicted molar refractivity (Wildman–Crippen MR) is 115 cm³/mol. The topological polar surface area (TPSA) is 84.3 Å². The van der Waals surface area contributed by atoms with E-state index in [4.69, 9.17) is 9.26 Å². The number of H-pyrrole nitrogens is 1. The number of fused-ring (bicyclic) bond motifs is 1. The number of likely N-dealkylation sites (N-methyl/N-ethyl adjacent to an activating group) is 1. The van der Waals surface area contributed by atoms with Crippen LogP contribution in [0.2, 0.25) is 0 Å². The van der Waals surface area contributed by atoms with Crippen molar-refractivity contribution in [3.05, 3.63) is 65.5 Å². The van der Waals surface area contributed by atoms with Gasteiger partial charge in [0.25, 0.3) is 11.8 Å². The summed E-state index contributed by atoms with van der Waals surface area (Å²) in [6.45, 7) is 2.59. The van der Waals surface area contributed by atoms with Crippen LogP contribution in [0.4, 0.5) is 0 Å². The summed E-state index contributed by atoms with van der Waals surface area (Å²) in [5.74, 6) is 1.74. The quantitative estimate of drug-likeness (QED) is 0.501. The smallest absolute Gasteiger partial charge is 0.274 e. The van der Waals surface area contributed by atoms with Gasteiger partial charge in [-0.2, -0.15) is 4.98 Å². The van der Waals surface area contributed by atoms with Crippen molar-refractivity contribution in [1.82, 2.24) is 20.0 Å². The lowest BCUT2D eigenvalue weighted by atomic mass is 10.1. The molecular weight excluding hydrogens is 380 g/mol. The number of hydrogen-bond acceptors (Lipinski definition) is 5. The van der Waals surface area contributed by atoms with Gasteiger partial charge in [-0.05, 0) is 48.4 Å². The van der Waals surface area contributed by atoms with Crippen molar-refractivity contribution in [2.24, 2.45) is 0 Å². The highest BCUT2D eigenvalue weighted by Crippen LogP contribution is 2.26. The molecule has 0 atom stereocenters. The fraction of sp³-hybridized carbons (Fsp3) is 0.261. The lowest BCUT2D eigenvalue weighted by molar-refractivity contribution is 0.0795. The molecule has 2 aromatic heterocycles. The van der Waals surface area contributed by atoms with Gasteiger partial charge < -0.3 is 19.1 Å². The Labute approximate surface area is 174 Å². The molecule has 4 aromatic rings. The summed E-state index contributed by atoms with van der Waals surface area (Å²) in [4.78, 5) is 22.0. The van der Waals surface area contributed by atoms with Gasteiger partial charge in [-0.25, -0.2) is 0 Å². The van der Waals surface area contributed by atoms with E-state index in [1.807, 2.05) is 48.5 Å². The number of aryl methyl sites for hydroxylation is 1. The zero-order valence-electron chi connectivity index (χ0n) is 17.3. The van der Waals surface area contributed by atoms with Crippen molar-refractivity contribution in [2.45, 2.75) is 19.8 Å². The summed E-state index contributed by atoms with van der Waals surface area (Å²) in [5.41, 5.74) is 3.60. The Kier molecular flexibility index (Phi) is 5.52. The number of nitrogens with zero attached hydrogens (tertiary/aromatic N) is 3. The Morgan fingerprint density at radius 2 is 1.97 bits per heavy atom. The Morgan fingerprint density at radius 3 is 2.70 bits per heavy atom. The van der Waals surface area contributed by atoms with Crippen LogP contribution >= 0.6 is 0 Å². The van der Waals surface area contributed by atoms with Crippen molar-refractivity contribution >= 4 is 16.8 Å². The third-order valence-corrected chi connectivity index (χ3v) is 5.15. The number of amides is 1. The second-order valence-corrected chi connectivity index (χ2v) is 7.18. The van der Waals surface area contributed by atoms with Crippen LogP contribution in [-0.2, 0) is 12.8 Å². The maximum atomic E-state index is 12.6. The van der Waals surface area contributed by atoms with E-state index in [1.165, 1.54) is 5.56 Å². The Bertz CT molecular complexity index is 1160. The normalized spacial score (nSPS) is 11.0. The minimum Gasteiger partial charge on any atom is -0.497 e. The predicted octanol–water partition coefficient (Wildman–Crippen LogP) is 4.10. The van der Waals surface area contributed by atoms with Crippen LogP contribution < -0.4 is 4.74 Å². The lowest BCUT2D eigenvalue weighted by Gasteiger charge is -2.16. The van der Waals surface area contributed by atoms with E-state index >= 15 is 0 Å². The molecule has 7 heteroatoms. The van der Waals surface area contributed by atoms with Crippen LogP contribution in [0.3, 0.4) is 0 Å². The van der Waals surface area contributed by atoms with E-state index < -0.39 is 0 Å². The summed E-state index contributed by atoms with van der Waals surface area (Å²) in [6.07, 6.45) is 1.46. The van der Waals surface area contributed by atoms with Crippen LogP contribution in [0.15, 0.2) is 53.1 Å². The molecular formula is C23H24N4O3. The lowest BCUT2D eigenvalue weighted by Crippen LogP contribution is -2.29. The number of nitrogens with one attached hydrogen (secondary N) is 1. The Balaban J connectivity index is 1.41. The molecule has 0 unspecified atom stereocenters. The fourth-order valence-corrected chi connectivity index (χ4v) is 3.29. The van der Waals surface area contributed by atoms with Crippen molar-refractivity contribution in [3.8, 4) is 17.3 Å². The van der Waals surface area contributed by atoms with Crippen LogP contribution in [0.5, 0.6) is 5.75 Å². The Morgan fingerprint density at radius 1 is 1.17 bits per heavy atom. The van der Waals surface area contributed by atoms with Gasteiger partial charge in [0.15, 0.2) is 5.82 Å². The van der Waals surface area contributed by atoms with E-state index in [0.717, 1.165) is 28.8 Å². The third-order valence-electron chi connectivity index (χ3n) is 5.15. The molecule has 0 aliphatic rings. The van der Waals surface area contributed by atoms with Gasteiger partial charge in [0.2, 0.25) is 0 Å². The molecule has 0 bridgehead atoms. The van der Waals surface area contributed by atoms with Gasteiger partial charge in [-0.15, -0.1) is 0 Å². The number of carbonyl (C=O) groups is 1. The molecule has 0 saturated carbocycles. The minimum atomic E-state index is -0.0223. The maximum absolute atomic E-state index is 12.6. The van der Waals surface area contributed by atoms with Crippen molar-refractivity contribution < 1.29 is 14.1 Å². The first-order chi connectivity index (χ1) is 14.6. The minimum absolute atomic E-state index is 0.0223. The first kappa shape index (κ1) is 19.7. The number of benzene rings is 2. The zero-order valence-corrected chi connectivity index (χ0v) is 17.3. The number of carbonyl (C=O) groups excluding carboxylic acids is 1. The molecule has 2 heterocycles. The van der Waals surface area contributed by atoms with Gasteiger partial charge in [-0.1, -0.05) is 24.2 Å². The molecule has 1 amide bonds. The molecule has 0 radical (unpaired) electrons. The van der Waals surface area contributed by atoms with E-state index in [0.29, 0.717) is 30.2 Å². The maximum Gasteiger partial charge on any atom is 0.274 e. The van der Waals surface area contributed by atoms with Gasteiger partial charge in [-0.3, -0.25) is 4.79 Å². The number of aromatic amines is 1. The average Bonchev–Trinajstić information content (AvgIpc) is 3.43. The zero-order chi connectivity index (χ0) is 21.1. The largest absolute Gasteiger partial charge is 0.497 e. The van der Waals surface area contributed by atoms with Crippen molar-refractivity contribution in [1.29, 1.82) is 0 Å². The molecule has 154 valence electrons. The highest BCUT2D eigenvalue weighted by molar-refractivity contribution is 5.94. The van der Waals surface area contributed by atoms with Crippen LogP contribution in [0, 0.1) is 0 Å². The second-order valence-electron chi connectivity index (χ2n) is 7.18.